The number of hydrogen-bond acceptors (Lipinski definition) is 4. The topological polar surface area (TPSA) is 68.3 Å². The molecule has 0 aliphatic heterocycles. The van der Waals surface area contributed by atoms with Gasteiger partial charge in [0.1, 0.15) is 0 Å². The summed E-state index contributed by atoms with van der Waals surface area (Å²) in [5.41, 5.74) is 0. The van der Waals surface area contributed by atoms with Crippen LogP contribution in [0.5, 0.6) is 0 Å². The van der Waals surface area contributed by atoms with Crippen molar-refractivity contribution in [3.05, 3.63) is 60.7 Å². The third-order valence-corrected chi connectivity index (χ3v) is 10.3. The Labute approximate surface area is 164 Å². The summed E-state index contributed by atoms with van der Waals surface area (Å²) in [5.74, 6) is -3.15. The summed E-state index contributed by atoms with van der Waals surface area (Å²) in [6, 6.07) is 14.8. The van der Waals surface area contributed by atoms with Crippen molar-refractivity contribution in [1.82, 2.24) is 0 Å². The van der Waals surface area contributed by atoms with Crippen molar-refractivity contribution in [2.24, 2.45) is 5.92 Å². The fraction of sp³-hybridized carbons (Fsp3) is 0.400. The second kappa shape index (κ2) is 7.91. The lowest BCUT2D eigenvalue weighted by molar-refractivity contribution is -0.0461. The van der Waals surface area contributed by atoms with Crippen LogP contribution in [-0.4, -0.2) is 27.3 Å². The molecule has 0 N–H and O–H groups in total. The number of benzene rings is 2. The maximum Gasteiger partial charge on any atom is 0.248 e. The van der Waals surface area contributed by atoms with Crippen molar-refractivity contribution in [2.75, 3.05) is 0 Å². The lowest BCUT2D eigenvalue weighted by Crippen LogP contribution is -2.35. The number of rotatable bonds is 6. The predicted molar refractivity (Wildman–Crippen MR) is 103 cm³/mol. The highest BCUT2D eigenvalue weighted by Crippen LogP contribution is 2.40. The standard InChI is InChI=1S/C20H22F2O4S2/c21-20(22)13-11-16(12-14-20)15-19(27(23,24)17-7-3-1-4-8-17)28(25,26)18-9-5-2-6-10-18/h1-10,16,19H,11-15H2. The molecule has 1 saturated carbocycles. The Morgan fingerprint density at radius 3 is 1.57 bits per heavy atom. The first-order valence-corrected chi connectivity index (χ1v) is 12.2. The van der Waals surface area contributed by atoms with Crippen molar-refractivity contribution < 1.29 is 25.6 Å². The highest BCUT2D eigenvalue weighted by Gasteiger charge is 2.43. The summed E-state index contributed by atoms with van der Waals surface area (Å²) in [6.45, 7) is 0. The van der Waals surface area contributed by atoms with E-state index in [9.17, 15) is 25.6 Å². The van der Waals surface area contributed by atoms with Crippen LogP contribution in [0.4, 0.5) is 8.78 Å². The molecule has 1 fully saturated rings. The molecule has 0 bridgehead atoms. The normalized spacial score (nSPS) is 18.2. The van der Waals surface area contributed by atoms with Gasteiger partial charge >= 0.3 is 0 Å². The molecule has 0 amide bonds. The summed E-state index contributed by atoms with van der Waals surface area (Å²) in [7, 11) is -8.42. The molecule has 28 heavy (non-hydrogen) atoms. The van der Waals surface area contributed by atoms with Crippen molar-refractivity contribution in [3.63, 3.8) is 0 Å². The molecular weight excluding hydrogens is 406 g/mol. The van der Waals surface area contributed by atoms with E-state index in [4.69, 9.17) is 0 Å². The van der Waals surface area contributed by atoms with Gasteiger partial charge in [-0.3, -0.25) is 0 Å². The van der Waals surface area contributed by atoms with E-state index in [2.05, 4.69) is 0 Å². The molecule has 0 radical (unpaired) electrons. The molecule has 3 rings (SSSR count). The molecule has 152 valence electrons. The van der Waals surface area contributed by atoms with Crippen molar-refractivity contribution >= 4 is 19.7 Å². The second-order valence-electron chi connectivity index (χ2n) is 7.18. The van der Waals surface area contributed by atoms with E-state index in [1.54, 1.807) is 12.1 Å². The van der Waals surface area contributed by atoms with Crippen LogP contribution in [0.2, 0.25) is 0 Å². The zero-order chi connectivity index (χ0) is 20.4. The van der Waals surface area contributed by atoms with E-state index in [1.165, 1.54) is 48.5 Å². The molecule has 8 heteroatoms. The van der Waals surface area contributed by atoms with Gasteiger partial charge in [0.25, 0.3) is 0 Å². The minimum absolute atomic E-state index is 0.0827. The van der Waals surface area contributed by atoms with Crippen LogP contribution < -0.4 is 0 Å². The third kappa shape index (κ3) is 4.43. The van der Waals surface area contributed by atoms with Crippen LogP contribution >= 0.6 is 0 Å². The van der Waals surface area contributed by atoms with Crippen LogP contribution in [0.25, 0.3) is 0 Å². The fourth-order valence-electron chi connectivity index (χ4n) is 3.55. The second-order valence-corrected chi connectivity index (χ2v) is 11.7. The van der Waals surface area contributed by atoms with Gasteiger partial charge in [0, 0.05) is 12.8 Å². The van der Waals surface area contributed by atoms with Gasteiger partial charge in [-0.05, 0) is 49.4 Å². The molecule has 0 spiro atoms. The van der Waals surface area contributed by atoms with Gasteiger partial charge in [0.05, 0.1) is 9.79 Å². The van der Waals surface area contributed by atoms with Gasteiger partial charge in [0.15, 0.2) is 24.3 Å². The maximum atomic E-state index is 13.5. The Balaban J connectivity index is 2.00. The number of halogens is 2. The van der Waals surface area contributed by atoms with Crippen LogP contribution in [0.15, 0.2) is 70.5 Å². The molecule has 2 aromatic carbocycles. The Bertz CT molecular complexity index is 925. The molecule has 0 aromatic heterocycles. The van der Waals surface area contributed by atoms with Crippen LogP contribution in [-0.2, 0) is 19.7 Å². The van der Waals surface area contributed by atoms with Crippen LogP contribution in [0.3, 0.4) is 0 Å². The molecular formula is C20H22F2O4S2. The van der Waals surface area contributed by atoms with Gasteiger partial charge < -0.3 is 0 Å². The van der Waals surface area contributed by atoms with E-state index in [0.29, 0.717) is 0 Å². The molecule has 0 heterocycles. The van der Waals surface area contributed by atoms with Gasteiger partial charge in [-0.25, -0.2) is 25.6 Å². The minimum atomic E-state index is -4.21. The zero-order valence-electron chi connectivity index (χ0n) is 15.2. The average Bonchev–Trinajstić information content (AvgIpc) is 2.68. The lowest BCUT2D eigenvalue weighted by atomic mass is 9.85. The minimum Gasteiger partial charge on any atom is -0.222 e. The number of sulfone groups is 2. The first kappa shape index (κ1) is 20.9. The summed E-state index contributed by atoms with van der Waals surface area (Å²) in [5, 5.41) is 0. The van der Waals surface area contributed by atoms with E-state index >= 15 is 0 Å². The first-order chi connectivity index (χ1) is 13.1. The molecule has 0 atom stereocenters. The number of hydrogen-bond donors (Lipinski definition) is 0. The Morgan fingerprint density at radius 1 is 0.786 bits per heavy atom. The molecule has 0 unspecified atom stereocenters. The van der Waals surface area contributed by atoms with E-state index < -0.39 is 30.2 Å². The first-order valence-electron chi connectivity index (χ1n) is 9.09. The summed E-state index contributed by atoms with van der Waals surface area (Å²) in [6.07, 6.45) is -0.664. The summed E-state index contributed by atoms with van der Waals surface area (Å²) < 4.78 is 78.2. The molecule has 1 aliphatic rings. The maximum absolute atomic E-state index is 13.5. The van der Waals surface area contributed by atoms with Gasteiger partial charge in [0.2, 0.25) is 5.92 Å². The van der Waals surface area contributed by atoms with E-state index in [1.807, 2.05) is 0 Å². The van der Waals surface area contributed by atoms with Crippen LogP contribution in [0.1, 0.15) is 32.1 Å². The van der Waals surface area contributed by atoms with E-state index in [0.717, 1.165) is 0 Å². The highest BCUT2D eigenvalue weighted by atomic mass is 32.3. The monoisotopic (exact) mass is 428 g/mol. The third-order valence-electron chi connectivity index (χ3n) is 5.20. The van der Waals surface area contributed by atoms with Crippen LogP contribution in [0, 0.1) is 5.92 Å². The highest BCUT2D eigenvalue weighted by molar-refractivity contribution is 8.09. The lowest BCUT2D eigenvalue weighted by Gasteiger charge is -2.30. The Hall–Kier alpha value is -1.80. The number of alkyl halides is 2. The van der Waals surface area contributed by atoms with Gasteiger partial charge in [-0.2, -0.15) is 0 Å². The smallest absolute Gasteiger partial charge is 0.222 e. The zero-order valence-corrected chi connectivity index (χ0v) is 16.8. The molecule has 0 saturated heterocycles. The fourth-order valence-corrected chi connectivity index (χ4v) is 8.28. The largest absolute Gasteiger partial charge is 0.248 e. The van der Waals surface area contributed by atoms with Crippen molar-refractivity contribution in [2.45, 2.75) is 52.4 Å². The Kier molecular flexibility index (Phi) is 5.91. The summed E-state index contributed by atoms with van der Waals surface area (Å²) >= 11 is 0. The molecule has 4 nitrogen and oxygen atoms in total. The quantitative estimate of drug-likeness (QED) is 0.681. The SMILES string of the molecule is O=S(=O)(c1ccccc1)C(CC1CCC(F)(F)CC1)S(=O)(=O)c1ccccc1. The Morgan fingerprint density at radius 2 is 1.18 bits per heavy atom. The summed E-state index contributed by atoms with van der Waals surface area (Å²) in [4.78, 5) is -0.165. The molecule has 2 aromatic rings. The van der Waals surface area contributed by atoms with Crippen molar-refractivity contribution in [3.8, 4) is 0 Å². The predicted octanol–water partition coefficient (Wildman–Crippen LogP) is 4.48. The van der Waals surface area contributed by atoms with E-state index in [-0.39, 0.29) is 47.8 Å². The average molecular weight is 429 g/mol. The van der Waals surface area contributed by atoms with Gasteiger partial charge in [-0.15, -0.1) is 0 Å². The van der Waals surface area contributed by atoms with Gasteiger partial charge in [-0.1, -0.05) is 36.4 Å². The molecule has 1 aliphatic carbocycles. The van der Waals surface area contributed by atoms with Crippen molar-refractivity contribution in [1.29, 1.82) is 0 Å².